The molecule has 0 amide bonds. The fourth-order valence-corrected chi connectivity index (χ4v) is 11.6. The molecule has 5 fully saturated rings. The van der Waals surface area contributed by atoms with Gasteiger partial charge in [0.25, 0.3) is 0 Å². The summed E-state index contributed by atoms with van der Waals surface area (Å²) in [7, 11) is -25.8. The maximum absolute atomic E-state index is 11.5. The standard InChI is InChI=1S/C17H30O9S.C14H24O17S3.C9H18O5S/c1-8-6-23-15(16(18)19)14(9(8)2)26-17-12(5)10(3)11(4)13(25-17)7-24-27(20,21)22;1-3-7-4-8(29-32(17,18)19)11(31-34(23,24)25)14(27-7)28-10-6(2)9(30-33(20,21)22)5-26-12(10)13(15)16;1-4-8-5-6(2)9(7(3)13-8)14-15(10,11)12/h8-15,17H,6-7H2,1-5H3,(H,18,19)(H,20,21,22);6-12,14H,3-5H2,1-2H3,(H,15,16)(H,17,18,19)(H,20,21,22)(H,23,24,25);6-9H,4-5H2,1-3H3,(H,10,11,12)/p-7/t8?,9?,10?,11-,12?,13?,14-,15?,17+;6?,7?,8?,9?,10-,11?,12?,14+;6?,7-,8?,9?/m001/s1. The monoisotopic (exact) mass is 1200 g/mol. The summed E-state index contributed by atoms with van der Waals surface area (Å²) in [6, 6.07) is 0. The first-order valence-electron chi connectivity index (χ1n) is 23.7. The minimum Gasteiger partial charge on any atom is -0.726 e. The van der Waals surface area contributed by atoms with Gasteiger partial charge in [-0.15, -0.1) is 0 Å². The second-order valence-electron chi connectivity index (χ2n) is 19.2. The third kappa shape index (κ3) is 21.5. The summed E-state index contributed by atoms with van der Waals surface area (Å²) in [5.41, 5.74) is 0. The van der Waals surface area contributed by atoms with E-state index in [1.54, 1.807) is 6.92 Å². The van der Waals surface area contributed by atoms with Crippen LogP contribution in [0.3, 0.4) is 0 Å². The Morgan fingerprint density at radius 1 is 0.474 bits per heavy atom. The van der Waals surface area contributed by atoms with Crippen LogP contribution < -0.4 is 10.2 Å². The van der Waals surface area contributed by atoms with Crippen LogP contribution in [0.15, 0.2) is 0 Å². The molecule has 36 heteroatoms. The molecule has 0 aromatic carbocycles. The topological polar surface area (TPSA) is 477 Å². The molecule has 5 aliphatic rings. The van der Waals surface area contributed by atoms with E-state index in [-0.39, 0.29) is 54.1 Å². The molecule has 0 aromatic rings. The average Bonchev–Trinajstić information content (AvgIpc) is 3.26. The van der Waals surface area contributed by atoms with Crippen molar-refractivity contribution in [3.63, 3.8) is 0 Å². The van der Waals surface area contributed by atoms with Crippen LogP contribution in [0.4, 0.5) is 0 Å². The summed E-state index contributed by atoms with van der Waals surface area (Å²) in [4.78, 5) is 23.0. The Bertz CT molecular complexity index is 2450. The number of carbonyl (C=O) groups excluding carboxylic acids is 2. The van der Waals surface area contributed by atoms with Crippen molar-refractivity contribution in [2.75, 3.05) is 19.8 Å². The van der Waals surface area contributed by atoms with Crippen LogP contribution in [0, 0.1) is 41.4 Å². The molecule has 0 saturated carbocycles. The van der Waals surface area contributed by atoms with Crippen LogP contribution in [0.25, 0.3) is 0 Å². The Balaban J connectivity index is 0.000000322. The van der Waals surface area contributed by atoms with Crippen molar-refractivity contribution in [1.82, 2.24) is 0 Å². The smallest absolute Gasteiger partial charge is 0.218 e. The minimum absolute atomic E-state index is 0.0161. The lowest BCUT2D eigenvalue weighted by Crippen LogP contribution is -2.61. The maximum atomic E-state index is 11.5. The van der Waals surface area contributed by atoms with Crippen LogP contribution >= 0.6 is 0 Å². The summed E-state index contributed by atoms with van der Waals surface area (Å²) in [6.07, 6.45) is -15.5. The normalized spacial score (nSPS) is 38.9. The second kappa shape index (κ2) is 28.1. The highest BCUT2D eigenvalue weighted by molar-refractivity contribution is 7.81. The van der Waals surface area contributed by atoms with Crippen molar-refractivity contribution in [2.45, 2.75) is 181 Å². The van der Waals surface area contributed by atoms with Gasteiger partial charge >= 0.3 is 0 Å². The van der Waals surface area contributed by atoms with Gasteiger partial charge in [0.05, 0.1) is 68.4 Å². The van der Waals surface area contributed by atoms with Crippen LogP contribution in [-0.4, -0.2) is 182 Å². The summed E-state index contributed by atoms with van der Waals surface area (Å²) >= 11 is 0. The van der Waals surface area contributed by atoms with Crippen molar-refractivity contribution in [3.8, 4) is 0 Å². The van der Waals surface area contributed by atoms with E-state index >= 15 is 0 Å². The quantitative estimate of drug-likeness (QED) is 0.0929. The molecule has 21 atom stereocenters. The van der Waals surface area contributed by atoms with Crippen LogP contribution in [0.1, 0.15) is 94.9 Å². The summed E-state index contributed by atoms with van der Waals surface area (Å²) < 4.78 is 224. The maximum Gasteiger partial charge on any atom is 0.218 e. The number of aliphatic carboxylic acids is 2. The molecular formula is C40H65O31S5-7. The lowest BCUT2D eigenvalue weighted by molar-refractivity contribution is -0.340. The van der Waals surface area contributed by atoms with Crippen LogP contribution in [0.2, 0.25) is 0 Å². The van der Waals surface area contributed by atoms with Gasteiger partial charge in [-0.1, -0.05) is 62.3 Å². The number of hydrogen-bond acceptors (Lipinski definition) is 31. The third-order valence-electron chi connectivity index (χ3n) is 13.9. The SMILES string of the molecule is CC1COC(C(=O)[O-])[C@@H](O[C@H]2OC(COS(=O)(=O)[O-])[C@@H](C)C(C)C2C)C1C.CCC1CC(C)C(OS(=O)(=O)[O-])[C@@H](C)O1.CCC1CC(OS(=O)(=O)[O-])C(OS(=O)(=O)[O-])[C@@H](O[C@@H]2C(C(=O)[O-])OCC(OS(=O)(=O)[O-])C2C)O1. The van der Waals surface area contributed by atoms with E-state index in [1.165, 1.54) is 13.8 Å². The zero-order chi connectivity index (χ0) is 58.2. The van der Waals surface area contributed by atoms with Gasteiger partial charge in [0.1, 0.15) is 30.5 Å². The van der Waals surface area contributed by atoms with E-state index in [4.69, 9.17) is 33.2 Å². The highest BCUT2D eigenvalue weighted by Crippen LogP contribution is 2.39. The lowest BCUT2D eigenvalue weighted by Gasteiger charge is -2.47. The number of carboxylic acid groups (broad SMARTS) is 2. The Morgan fingerprint density at radius 3 is 1.41 bits per heavy atom. The first-order chi connectivity index (χ1) is 34.6. The molecule has 5 heterocycles. The van der Waals surface area contributed by atoms with Gasteiger partial charge < -0.3 is 75.7 Å². The zero-order valence-electron chi connectivity index (χ0n) is 42.8. The number of hydrogen-bond donors (Lipinski definition) is 0. The minimum atomic E-state index is -5.58. The number of rotatable bonds is 19. The Labute approximate surface area is 442 Å². The highest BCUT2D eigenvalue weighted by Gasteiger charge is 2.49. The van der Waals surface area contributed by atoms with E-state index < -0.39 is 163 Å². The summed E-state index contributed by atoms with van der Waals surface area (Å²) in [5.74, 6) is -4.60. The summed E-state index contributed by atoms with van der Waals surface area (Å²) in [5, 5.41) is 23.0. The Kier molecular flexibility index (Phi) is 25.3. The first-order valence-corrected chi connectivity index (χ1v) is 30.4. The van der Waals surface area contributed by atoms with E-state index in [2.05, 4.69) is 20.9 Å². The predicted octanol–water partition coefficient (Wildman–Crippen LogP) is -2.82. The predicted molar refractivity (Wildman–Crippen MR) is 239 cm³/mol. The van der Waals surface area contributed by atoms with E-state index in [9.17, 15) is 84.7 Å². The number of ether oxygens (including phenoxy) is 7. The average molecular weight is 1200 g/mol. The second-order valence-corrected chi connectivity index (χ2v) is 24.3. The molecule has 0 spiro atoms. The fourth-order valence-electron chi connectivity index (χ4n) is 9.16. The van der Waals surface area contributed by atoms with Gasteiger partial charge in [-0.25, -0.2) is 42.1 Å². The first kappa shape index (κ1) is 68.3. The van der Waals surface area contributed by atoms with Gasteiger partial charge in [-0.05, 0) is 55.8 Å². The van der Waals surface area contributed by atoms with E-state index in [1.807, 2.05) is 48.5 Å². The van der Waals surface area contributed by atoms with Gasteiger partial charge in [0.15, 0.2) is 18.7 Å². The van der Waals surface area contributed by atoms with Gasteiger partial charge in [0, 0.05) is 18.3 Å². The molecule has 15 unspecified atom stereocenters. The molecule has 448 valence electrons. The van der Waals surface area contributed by atoms with Gasteiger partial charge in [0.2, 0.25) is 52.0 Å². The molecule has 76 heavy (non-hydrogen) atoms. The third-order valence-corrected chi connectivity index (χ3v) is 16.2. The zero-order valence-corrected chi connectivity index (χ0v) is 46.9. The molecule has 0 aliphatic carbocycles. The van der Waals surface area contributed by atoms with E-state index in [0.717, 1.165) is 12.8 Å². The molecule has 0 bridgehead atoms. The van der Waals surface area contributed by atoms with Crippen molar-refractivity contribution in [2.24, 2.45) is 41.4 Å². The van der Waals surface area contributed by atoms with Crippen molar-refractivity contribution in [3.05, 3.63) is 0 Å². The van der Waals surface area contributed by atoms with Crippen LogP contribution in [0.5, 0.6) is 0 Å². The number of carbonyl (C=O) groups is 2. The fraction of sp³-hybridized carbons (Fsp3) is 0.950. The van der Waals surface area contributed by atoms with Gasteiger partial charge in [-0.2, -0.15) is 0 Å². The Morgan fingerprint density at radius 2 is 0.934 bits per heavy atom. The largest absolute Gasteiger partial charge is 0.726 e. The molecule has 0 N–H and O–H groups in total. The molecule has 31 nitrogen and oxygen atoms in total. The van der Waals surface area contributed by atoms with Gasteiger partial charge in [-0.3, -0.25) is 20.9 Å². The van der Waals surface area contributed by atoms with Crippen molar-refractivity contribution >= 4 is 63.9 Å². The highest BCUT2D eigenvalue weighted by atomic mass is 32.3. The molecule has 5 saturated heterocycles. The molecule has 0 aromatic heterocycles. The molecule has 0 radical (unpaired) electrons. The number of carboxylic acids is 2. The van der Waals surface area contributed by atoms with Crippen molar-refractivity contribution < 1.29 is 139 Å². The van der Waals surface area contributed by atoms with E-state index in [0.29, 0.717) is 6.61 Å². The Hall–Kier alpha value is -1.99. The summed E-state index contributed by atoms with van der Waals surface area (Å²) in [6.45, 7) is 17.1. The van der Waals surface area contributed by atoms with Crippen LogP contribution in [-0.2, 0) is 116 Å². The molecule has 5 rings (SSSR count). The lowest BCUT2D eigenvalue weighted by atomic mass is 9.79. The van der Waals surface area contributed by atoms with Crippen molar-refractivity contribution in [1.29, 1.82) is 0 Å². The molecular weight excluding hydrogens is 1140 g/mol. The molecule has 5 aliphatic heterocycles.